The Morgan fingerprint density at radius 2 is 1.96 bits per heavy atom. The van der Waals surface area contributed by atoms with Gasteiger partial charge in [0.2, 0.25) is 0 Å². The van der Waals surface area contributed by atoms with Gasteiger partial charge in [0.25, 0.3) is 0 Å². The van der Waals surface area contributed by atoms with Crippen LogP contribution in [0.3, 0.4) is 0 Å². The minimum Gasteiger partial charge on any atom is -0.464 e. The predicted molar refractivity (Wildman–Crippen MR) is 88.2 cm³/mol. The third kappa shape index (κ3) is 3.62. The van der Waals surface area contributed by atoms with Gasteiger partial charge in [0.05, 0.1) is 37.8 Å². The Labute approximate surface area is 145 Å². The third-order valence-corrected chi connectivity index (χ3v) is 3.64. The minimum absolute atomic E-state index is 0.238. The Morgan fingerprint density at radius 1 is 1.20 bits per heavy atom. The Hall–Kier alpha value is -2.90. The van der Waals surface area contributed by atoms with Crippen LogP contribution in [-0.2, 0) is 22.6 Å². The van der Waals surface area contributed by atoms with Gasteiger partial charge in [-0.05, 0) is 32.9 Å². The summed E-state index contributed by atoms with van der Waals surface area (Å²) in [5.74, 6) is -0.484. The number of carbonyl (C=O) groups excluding carboxylic acids is 2. The van der Waals surface area contributed by atoms with E-state index in [9.17, 15) is 9.59 Å². The zero-order chi connectivity index (χ0) is 18.2. The van der Waals surface area contributed by atoms with Crippen LogP contribution in [-0.4, -0.2) is 44.4 Å². The molecule has 0 saturated heterocycles. The van der Waals surface area contributed by atoms with Gasteiger partial charge in [-0.25, -0.2) is 19.3 Å². The van der Waals surface area contributed by atoms with Crippen LogP contribution in [0.2, 0.25) is 0 Å². The number of hydrogen-bond donors (Lipinski definition) is 0. The van der Waals surface area contributed by atoms with Crippen LogP contribution in [0, 0.1) is 0 Å². The molecule has 0 N–H and O–H groups in total. The van der Waals surface area contributed by atoms with Gasteiger partial charge in [0.1, 0.15) is 11.3 Å². The van der Waals surface area contributed by atoms with Gasteiger partial charge in [0.15, 0.2) is 0 Å². The molecule has 1 aliphatic heterocycles. The standard InChI is InChI=1S/C17H20N4O4/c1-17(2,3)25-16(23)20-8-11-9-21(19-14(11)10-20)12-5-6-13(18-7-12)15(22)24-4/h5-7,9H,8,10H2,1-4H3. The number of ether oxygens (including phenoxy) is 2. The molecular weight excluding hydrogens is 324 g/mol. The van der Waals surface area contributed by atoms with E-state index in [1.165, 1.54) is 7.11 Å². The molecule has 0 aliphatic carbocycles. The molecule has 8 heteroatoms. The number of amides is 1. The Morgan fingerprint density at radius 3 is 2.52 bits per heavy atom. The van der Waals surface area contributed by atoms with Gasteiger partial charge < -0.3 is 9.47 Å². The van der Waals surface area contributed by atoms with Crippen molar-refractivity contribution in [2.24, 2.45) is 0 Å². The summed E-state index contributed by atoms with van der Waals surface area (Å²) in [5.41, 5.74) is 2.23. The smallest absolute Gasteiger partial charge is 0.410 e. The first kappa shape index (κ1) is 16.9. The van der Waals surface area contributed by atoms with Crippen LogP contribution < -0.4 is 0 Å². The molecule has 2 aromatic heterocycles. The van der Waals surface area contributed by atoms with Crippen LogP contribution in [0.4, 0.5) is 4.79 Å². The van der Waals surface area contributed by atoms with Gasteiger partial charge in [-0.3, -0.25) is 4.90 Å². The summed E-state index contributed by atoms with van der Waals surface area (Å²) >= 11 is 0. The number of nitrogens with zero attached hydrogens (tertiary/aromatic N) is 4. The highest BCUT2D eigenvalue weighted by atomic mass is 16.6. The Balaban J connectivity index is 1.71. The monoisotopic (exact) mass is 344 g/mol. The van der Waals surface area contributed by atoms with Crippen LogP contribution in [0.15, 0.2) is 24.5 Å². The lowest BCUT2D eigenvalue weighted by Gasteiger charge is -2.24. The zero-order valence-corrected chi connectivity index (χ0v) is 14.6. The fourth-order valence-corrected chi connectivity index (χ4v) is 2.49. The number of fused-ring (bicyclic) bond motifs is 1. The fourth-order valence-electron chi connectivity index (χ4n) is 2.49. The lowest BCUT2D eigenvalue weighted by molar-refractivity contribution is 0.0239. The maximum absolute atomic E-state index is 12.1. The number of esters is 1. The molecule has 2 aromatic rings. The van der Waals surface area contributed by atoms with Crippen molar-refractivity contribution < 1.29 is 19.1 Å². The average molecular weight is 344 g/mol. The SMILES string of the molecule is COC(=O)c1ccc(-n2cc3c(n2)CN(C(=O)OC(C)(C)C)C3)cn1. The van der Waals surface area contributed by atoms with Crippen molar-refractivity contribution in [1.29, 1.82) is 0 Å². The second kappa shape index (κ2) is 6.19. The van der Waals surface area contributed by atoms with Gasteiger partial charge in [-0.2, -0.15) is 5.10 Å². The number of aromatic nitrogens is 3. The first-order chi connectivity index (χ1) is 11.8. The normalized spacial score (nSPS) is 13.5. The molecular formula is C17H20N4O4. The van der Waals surface area contributed by atoms with Crippen molar-refractivity contribution in [3.8, 4) is 5.69 Å². The van der Waals surface area contributed by atoms with E-state index < -0.39 is 11.6 Å². The second-order valence-electron chi connectivity index (χ2n) is 6.78. The first-order valence-electron chi connectivity index (χ1n) is 7.87. The van der Waals surface area contributed by atoms with Crippen molar-refractivity contribution >= 4 is 12.1 Å². The summed E-state index contributed by atoms with van der Waals surface area (Å²) in [6, 6.07) is 3.33. The van der Waals surface area contributed by atoms with Crippen molar-refractivity contribution in [2.45, 2.75) is 39.5 Å². The largest absolute Gasteiger partial charge is 0.464 e. The van der Waals surface area contributed by atoms with Gasteiger partial charge in [-0.1, -0.05) is 0 Å². The van der Waals surface area contributed by atoms with Crippen molar-refractivity contribution in [3.05, 3.63) is 41.5 Å². The van der Waals surface area contributed by atoms with E-state index in [2.05, 4.69) is 14.8 Å². The zero-order valence-electron chi connectivity index (χ0n) is 14.6. The van der Waals surface area contributed by atoms with E-state index in [1.807, 2.05) is 27.0 Å². The molecule has 0 atom stereocenters. The maximum Gasteiger partial charge on any atom is 0.410 e. The number of hydrogen-bond acceptors (Lipinski definition) is 6. The van der Waals surface area contributed by atoms with E-state index in [0.717, 1.165) is 16.9 Å². The number of carbonyl (C=O) groups is 2. The summed E-state index contributed by atoms with van der Waals surface area (Å²) in [6.07, 6.45) is 3.07. The number of rotatable bonds is 2. The van der Waals surface area contributed by atoms with E-state index in [1.54, 1.807) is 27.9 Å². The predicted octanol–water partition coefficient (Wildman–Crippen LogP) is 2.30. The molecule has 0 spiro atoms. The minimum atomic E-state index is -0.524. The van der Waals surface area contributed by atoms with E-state index in [-0.39, 0.29) is 11.8 Å². The molecule has 0 bridgehead atoms. The molecule has 3 heterocycles. The van der Waals surface area contributed by atoms with E-state index in [4.69, 9.17) is 4.74 Å². The van der Waals surface area contributed by atoms with Crippen molar-refractivity contribution in [2.75, 3.05) is 7.11 Å². The lowest BCUT2D eigenvalue weighted by Crippen LogP contribution is -2.33. The molecule has 0 unspecified atom stereocenters. The average Bonchev–Trinajstić information content (AvgIpc) is 3.11. The fraction of sp³-hybridized carbons (Fsp3) is 0.412. The highest BCUT2D eigenvalue weighted by molar-refractivity contribution is 5.87. The van der Waals surface area contributed by atoms with E-state index >= 15 is 0 Å². The van der Waals surface area contributed by atoms with Crippen LogP contribution >= 0.6 is 0 Å². The third-order valence-electron chi connectivity index (χ3n) is 3.64. The van der Waals surface area contributed by atoms with Gasteiger partial charge >= 0.3 is 12.1 Å². The van der Waals surface area contributed by atoms with Crippen LogP contribution in [0.5, 0.6) is 0 Å². The molecule has 0 aromatic carbocycles. The van der Waals surface area contributed by atoms with Crippen molar-refractivity contribution in [3.63, 3.8) is 0 Å². The summed E-state index contributed by atoms with van der Waals surface area (Å²) in [5, 5.41) is 4.50. The summed E-state index contributed by atoms with van der Waals surface area (Å²) < 4.78 is 11.7. The highest BCUT2D eigenvalue weighted by Crippen LogP contribution is 2.24. The molecule has 25 heavy (non-hydrogen) atoms. The molecule has 1 aliphatic rings. The van der Waals surface area contributed by atoms with Crippen LogP contribution in [0.25, 0.3) is 5.69 Å². The molecule has 3 rings (SSSR count). The van der Waals surface area contributed by atoms with Gasteiger partial charge in [-0.15, -0.1) is 0 Å². The molecule has 0 fully saturated rings. The molecule has 132 valence electrons. The summed E-state index contributed by atoms with van der Waals surface area (Å²) in [7, 11) is 1.31. The summed E-state index contributed by atoms with van der Waals surface area (Å²) in [4.78, 5) is 29.2. The number of pyridine rings is 1. The first-order valence-corrected chi connectivity index (χ1v) is 7.87. The quantitative estimate of drug-likeness (QED) is 0.777. The molecule has 8 nitrogen and oxygen atoms in total. The molecule has 0 radical (unpaired) electrons. The summed E-state index contributed by atoms with van der Waals surface area (Å²) in [6.45, 7) is 6.38. The van der Waals surface area contributed by atoms with E-state index in [0.29, 0.717) is 13.1 Å². The Kier molecular flexibility index (Phi) is 4.20. The Bertz CT molecular complexity index is 782. The van der Waals surface area contributed by atoms with Crippen molar-refractivity contribution in [1.82, 2.24) is 19.7 Å². The molecule has 1 amide bonds. The number of methoxy groups -OCH3 is 1. The second-order valence-corrected chi connectivity index (χ2v) is 6.78. The lowest BCUT2D eigenvalue weighted by atomic mass is 10.2. The van der Waals surface area contributed by atoms with Gasteiger partial charge in [0, 0.05) is 11.8 Å². The maximum atomic E-state index is 12.1. The molecule has 0 saturated carbocycles. The van der Waals surface area contributed by atoms with Crippen LogP contribution in [0.1, 0.15) is 42.5 Å². The topological polar surface area (TPSA) is 86.6 Å². The highest BCUT2D eigenvalue weighted by Gasteiger charge is 2.30.